The molecule has 0 bridgehead atoms. The van der Waals surface area contributed by atoms with E-state index in [1.165, 1.54) is 6.42 Å². The molecule has 0 amide bonds. The Balaban J connectivity index is 1.82. The molecule has 1 aliphatic heterocycles. The second-order valence-electron chi connectivity index (χ2n) is 5.75. The van der Waals surface area contributed by atoms with Gasteiger partial charge in [0, 0.05) is 0 Å². The summed E-state index contributed by atoms with van der Waals surface area (Å²) in [7, 11) is 0. The van der Waals surface area contributed by atoms with Gasteiger partial charge in [-0.3, -0.25) is 4.52 Å². The van der Waals surface area contributed by atoms with Crippen LogP contribution < -0.4 is 14.9 Å². The van der Waals surface area contributed by atoms with Gasteiger partial charge in [0.1, 0.15) is 0 Å². The highest BCUT2D eigenvalue weighted by molar-refractivity contribution is 5.91. The van der Waals surface area contributed by atoms with Crippen molar-refractivity contribution in [3.8, 4) is 0 Å². The molecule has 2 heterocycles. The van der Waals surface area contributed by atoms with E-state index in [-0.39, 0.29) is 11.8 Å². The van der Waals surface area contributed by atoms with Gasteiger partial charge in [-0.2, -0.15) is 0 Å². The molecule has 0 saturated carbocycles. The van der Waals surface area contributed by atoms with Crippen LogP contribution in [0, 0.1) is 0 Å². The summed E-state index contributed by atoms with van der Waals surface area (Å²) in [4.78, 5) is 5.65. The maximum atomic E-state index is 12.1. The summed E-state index contributed by atoms with van der Waals surface area (Å²) in [5, 5.41) is 18.2. The Morgan fingerprint density at radius 2 is 1.95 bits per heavy atom. The molecule has 1 saturated heterocycles. The molecule has 1 aromatic carbocycles. The summed E-state index contributed by atoms with van der Waals surface area (Å²) in [6.07, 6.45) is 5.14. The molecule has 22 heavy (non-hydrogen) atoms. The first-order valence-corrected chi connectivity index (χ1v) is 7.63. The summed E-state index contributed by atoms with van der Waals surface area (Å²) >= 11 is 0. The average molecular weight is 300 g/mol. The molecule has 0 aliphatic carbocycles. The third kappa shape index (κ3) is 2.95. The molecule has 0 N–H and O–H groups in total. The summed E-state index contributed by atoms with van der Waals surface area (Å²) in [5.41, 5.74) is 0.533. The van der Waals surface area contributed by atoms with Crippen molar-refractivity contribution < 1.29 is 14.4 Å². The van der Waals surface area contributed by atoms with E-state index in [2.05, 4.69) is 29.1 Å². The molecule has 0 radical (unpaired) electrons. The SMILES string of the molecule is C[C@@H]1CCC[C@H](C)N1[n+]1cc(N=C([O-])c2ccccc2)on1. The number of rotatable bonds is 3. The lowest BCUT2D eigenvalue weighted by molar-refractivity contribution is -0.766. The molecule has 3 rings (SSSR count). The molecule has 0 unspecified atom stereocenters. The molecular formula is C16H20N4O2. The van der Waals surface area contributed by atoms with Crippen molar-refractivity contribution in [2.75, 3.05) is 5.01 Å². The zero-order valence-corrected chi connectivity index (χ0v) is 12.8. The lowest BCUT2D eigenvalue weighted by Crippen LogP contribution is -2.67. The van der Waals surface area contributed by atoms with Crippen LogP contribution in [0.5, 0.6) is 0 Å². The minimum Gasteiger partial charge on any atom is -0.858 e. The molecule has 2 aromatic rings. The van der Waals surface area contributed by atoms with E-state index in [0.29, 0.717) is 17.6 Å². The van der Waals surface area contributed by atoms with E-state index < -0.39 is 0 Å². The fourth-order valence-corrected chi connectivity index (χ4v) is 2.94. The third-order valence-corrected chi connectivity index (χ3v) is 4.06. The topological polar surface area (TPSA) is 68.6 Å². The highest BCUT2D eigenvalue weighted by atomic mass is 16.5. The fraction of sp³-hybridized carbons (Fsp3) is 0.438. The lowest BCUT2D eigenvalue weighted by atomic mass is 10.00. The molecular weight excluding hydrogens is 280 g/mol. The van der Waals surface area contributed by atoms with Gasteiger partial charge in [-0.05, 0) is 44.6 Å². The molecule has 2 atom stereocenters. The van der Waals surface area contributed by atoms with Gasteiger partial charge < -0.3 is 5.11 Å². The Morgan fingerprint density at radius 3 is 2.64 bits per heavy atom. The smallest absolute Gasteiger partial charge is 0.324 e. The van der Waals surface area contributed by atoms with Crippen LogP contribution in [0.3, 0.4) is 0 Å². The summed E-state index contributed by atoms with van der Waals surface area (Å²) in [6, 6.07) is 9.70. The van der Waals surface area contributed by atoms with Crippen molar-refractivity contribution in [3.05, 3.63) is 42.1 Å². The fourth-order valence-electron chi connectivity index (χ4n) is 2.94. The van der Waals surface area contributed by atoms with Crippen LogP contribution in [0.4, 0.5) is 5.88 Å². The zero-order chi connectivity index (χ0) is 15.5. The van der Waals surface area contributed by atoms with Gasteiger partial charge in [0.2, 0.25) is 5.27 Å². The Bertz CT molecular complexity index is 643. The van der Waals surface area contributed by atoms with E-state index in [4.69, 9.17) is 4.52 Å². The lowest BCUT2D eigenvalue weighted by Gasteiger charge is -2.31. The van der Waals surface area contributed by atoms with Crippen LogP contribution in [0.2, 0.25) is 0 Å². The van der Waals surface area contributed by atoms with Crippen molar-refractivity contribution in [1.29, 1.82) is 0 Å². The van der Waals surface area contributed by atoms with Gasteiger partial charge in [-0.1, -0.05) is 30.3 Å². The molecule has 1 aromatic heterocycles. The summed E-state index contributed by atoms with van der Waals surface area (Å²) < 4.78 is 5.19. The first kappa shape index (κ1) is 14.6. The van der Waals surface area contributed by atoms with Gasteiger partial charge in [0.05, 0.1) is 16.9 Å². The zero-order valence-electron chi connectivity index (χ0n) is 12.8. The quantitative estimate of drug-likeness (QED) is 0.487. The van der Waals surface area contributed by atoms with E-state index in [0.717, 1.165) is 12.8 Å². The number of aromatic nitrogens is 2. The van der Waals surface area contributed by atoms with Gasteiger partial charge in [0.15, 0.2) is 0 Å². The molecule has 1 aliphatic rings. The molecule has 1 fully saturated rings. The highest BCUT2D eigenvalue weighted by Crippen LogP contribution is 2.19. The second-order valence-corrected chi connectivity index (χ2v) is 5.75. The van der Waals surface area contributed by atoms with Crippen molar-refractivity contribution >= 4 is 11.8 Å². The molecule has 116 valence electrons. The average Bonchev–Trinajstić information content (AvgIpc) is 2.96. The van der Waals surface area contributed by atoms with Crippen molar-refractivity contribution in [1.82, 2.24) is 5.27 Å². The number of hydrogen-bond acceptors (Lipinski definition) is 5. The van der Waals surface area contributed by atoms with E-state index in [9.17, 15) is 5.11 Å². The Kier molecular flexibility index (Phi) is 4.09. The minimum atomic E-state index is -0.330. The van der Waals surface area contributed by atoms with Crippen LogP contribution >= 0.6 is 0 Å². The largest absolute Gasteiger partial charge is 0.858 e. The monoisotopic (exact) mass is 300 g/mol. The van der Waals surface area contributed by atoms with Crippen LogP contribution in [-0.4, -0.2) is 23.3 Å². The molecule has 6 nitrogen and oxygen atoms in total. The number of aliphatic imine (C=N–C) groups is 1. The van der Waals surface area contributed by atoms with Crippen molar-refractivity contribution in [2.24, 2.45) is 4.99 Å². The van der Waals surface area contributed by atoms with Crippen LogP contribution in [-0.2, 0) is 0 Å². The Hall–Kier alpha value is -2.37. The van der Waals surface area contributed by atoms with Crippen LogP contribution in [0.15, 0.2) is 46.0 Å². The van der Waals surface area contributed by atoms with Gasteiger partial charge in [-0.15, -0.1) is 5.01 Å². The second kappa shape index (κ2) is 6.17. The number of benzene rings is 1. The first-order chi connectivity index (χ1) is 10.6. The Morgan fingerprint density at radius 1 is 1.27 bits per heavy atom. The predicted molar refractivity (Wildman–Crippen MR) is 80.3 cm³/mol. The maximum Gasteiger partial charge on any atom is 0.324 e. The third-order valence-electron chi connectivity index (χ3n) is 4.06. The van der Waals surface area contributed by atoms with Crippen molar-refractivity contribution in [2.45, 2.75) is 45.2 Å². The maximum absolute atomic E-state index is 12.1. The van der Waals surface area contributed by atoms with E-state index >= 15 is 0 Å². The number of nitrogens with zero attached hydrogens (tertiary/aromatic N) is 4. The first-order valence-electron chi connectivity index (χ1n) is 7.63. The van der Waals surface area contributed by atoms with Gasteiger partial charge in [0.25, 0.3) is 6.20 Å². The van der Waals surface area contributed by atoms with Crippen LogP contribution in [0.1, 0.15) is 38.7 Å². The van der Waals surface area contributed by atoms with Gasteiger partial charge >= 0.3 is 5.88 Å². The highest BCUT2D eigenvalue weighted by Gasteiger charge is 2.33. The minimum absolute atomic E-state index is 0.221. The van der Waals surface area contributed by atoms with Gasteiger partial charge in [-0.25, -0.2) is 4.99 Å². The number of hydrogen-bond donors (Lipinski definition) is 0. The predicted octanol–water partition coefficient (Wildman–Crippen LogP) is 1.30. The molecule has 0 spiro atoms. The normalized spacial score (nSPS) is 22.8. The van der Waals surface area contributed by atoms with E-state index in [1.54, 1.807) is 35.3 Å². The Labute approximate surface area is 129 Å². The molecule has 6 heteroatoms. The number of piperidine rings is 1. The standard InChI is InChI=1S/C16H20N4O2/c1-12-7-6-8-13(2)20(12)19-11-15(22-18-19)17-16(21)14-9-4-3-5-10-14/h3-5,9-13H,6-8H2,1-2H3/t12-,13+. The van der Waals surface area contributed by atoms with Crippen molar-refractivity contribution in [3.63, 3.8) is 0 Å². The summed E-state index contributed by atoms with van der Waals surface area (Å²) in [5.74, 6) is -0.109. The van der Waals surface area contributed by atoms with E-state index in [1.807, 2.05) is 6.07 Å². The van der Waals surface area contributed by atoms with Crippen LogP contribution in [0.25, 0.3) is 0 Å². The summed E-state index contributed by atoms with van der Waals surface area (Å²) in [6.45, 7) is 4.34.